The number of amides is 1. The molecule has 7 nitrogen and oxygen atoms in total. The van der Waals surface area contributed by atoms with Gasteiger partial charge in [0.1, 0.15) is 6.61 Å². The Morgan fingerprint density at radius 3 is 2.17 bits per heavy atom. The summed E-state index contributed by atoms with van der Waals surface area (Å²) < 4.78 is 22.8. The molecule has 190 valence electrons. The Bertz CT molecular complexity index is 1060. The van der Waals surface area contributed by atoms with Crippen LogP contribution in [0.2, 0.25) is 0 Å². The van der Waals surface area contributed by atoms with Gasteiger partial charge >= 0.3 is 12.1 Å². The summed E-state index contributed by atoms with van der Waals surface area (Å²) in [5, 5.41) is 0. The molecule has 3 rings (SSSR count). The lowest BCUT2D eigenvalue weighted by atomic mass is 9.86. The summed E-state index contributed by atoms with van der Waals surface area (Å²) in [4.78, 5) is 27.7. The lowest BCUT2D eigenvalue weighted by Gasteiger charge is -2.30. The molecule has 0 saturated heterocycles. The molecule has 1 aliphatic rings. The molecule has 1 atom stereocenters. The highest BCUT2D eigenvalue weighted by atomic mass is 16.6. The van der Waals surface area contributed by atoms with Crippen molar-refractivity contribution in [3.05, 3.63) is 69.3 Å². The molecule has 35 heavy (non-hydrogen) atoms. The van der Waals surface area contributed by atoms with Crippen LogP contribution in [0.15, 0.2) is 30.3 Å². The number of hydrogen-bond donors (Lipinski definition) is 0. The topological polar surface area (TPSA) is 74.3 Å². The van der Waals surface area contributed by atoms with Crippen LogP contribution < -0.4 is 0 Å². The number of fused-ring (bicyclic) bond motifs is 1. The molecule has 0 unspecified atom stereocenters. The number of methoxy groups -OCH3 is 1. The molecule has 2 aromatic rings. The number of carbonyl (C=O) groups excluding carboxylic acids is 2. The number of benzene rings is 2. The first-order valence-corrected chi connectivity index (χ1v) is 12.0. The standard InChI is InChI=1S/C28H37NO6/c1-8-33-26(30)25(35-28(4,5)6)24-19(3)22-15-29(14-21(22)18(2)23(24)17-32-7)27(31)34-16-20-12-10-9-11-13-20/h9-13,25H,8,14-17H2,1-7H3/t25-/m0/s1. The lowest BCUT2D eigenvalue weighted by molar-refractivity contribution is -0.167. The summed E-state index contributed by atoms with van der Waals surface area (Å²) in [7, 11) is 1.63. The van der Waals surface area contributed by atoms with Gasteiger partial charge in [-0.25, -0.2) is 9.59 Å². The third-order valence-corrected chi connectivity index (χ3v) is 6.14. The van der Waals surface area contributed by atoms with Crippen LogP contribution in [0.4, 0.5) is 4.79 Å². The van der Waals surface area contributed by atoms with E-state index in [1.165, 1.54) is 0 Å². The van der Waals surface area contributed by atoms with Crippen molar-refractivity contribution in [1.29, 1.82) is 0 Å². The molecule has 1 heterocycles. The van der Waals surface area contributed by atoms with Crippen molar-refractivity contribution < 1.29 is 28.5 Å². The normalized spacial score (nSPS) is 14.0. The second kappa shape index (κ2) is 11.2. The fourth-order valence-corrected chi connectivity index (χ4v) is 4.51. The van der Waals surface area contributed by atoms with E-state index in [2.05, 4.69) is 0 Å². The minimum absolute atomic E-state index is 0.217. The zero-order chi connectivity index (χ0) is 25.8. The smallest absolute Gasteiger partial charge is 0.410 e. The number of esters is 1. The van der Waals surface area contributed by atoms with E-state index in [9.17, 15) is 9.59 Å². The van der Waals surface area contributed by atoms with E-state index in [1.807, 2.05) is 65.0 Å². The van der Waals surface area contributed by atoms with E-state index in [1.54, 1.807) is 18.9 Å². The fourth-order valence-electron chi connectivity index (χ4n) is 4.51. The molecule has 2 aromatic carbocycles. The van der Waals surface area contributed by atoms with Gasteiger partial charge < -0.3 is 18.9 Å². The monoisotopic (exact) mass is 483 g/mol. The number of nitrogens with zero attached hydrogens (tertiary/aromatic N) is 1. The summed E-state index contributed by atoms with van der Waals surface area (Å²) in [6, 6.07) is 9.61. The van der Waals surface area contributed by atoms with Gasteiger partial charge in [0.25, 0.3) is 0 Å². The number of ether oxygens (including phenoxy) is 4. The maximum absolute atomic E-state index is 13.1. The van der Waals surface area contributed by atoms with Crippen molar-refractivity contribution in [2.24, 2.45) is 0 Å². The maximum atomic E-state index is 13.1. The molecular formula is C28H37NO6. The molecule has 1 aliphatic heterocycles. The van der Waals surface area contributed by atoms with E-state index in [4.69, 9.17) is 18.9 Å². The first-order valence-electron chi connectivity index (χ1n) is 12.0. The van der Waals surface area contributed by atoms with Crippen LogP contribution in [0.25, 0.3) is 0 Å². The first kappa shape index (κ1) is 26.7. The highest BCUT2D eigenvalue weighted by Gasteiger charge is 2.37. The first-order chi connectivity index (χ1) is 16.6. The molecule has 0 N–H and O–H groups in total. The van der Waals surface area contributed by atoms with Crippen LogP contribution in [0.1, 0.15) is 72.7 Å². The molecule has 1 amide bonds. The van der Waals surface area contributed by atoms with Gasteiger partial charge in [-0.1, -0.05) is 30.3 Å². The largest absolute Gasteiger partial charge is 0.464 e. The zero-order valence-corrected chi connectivity index (χ0v) is 21.9. The van der Waals surface area contributed by atoms with Gasteiger partial charge in [0.2, 0.25) is 0 Å². The quantitative estimate of drug-likeness (QED) is 0.460. The van der Waals surface area contributed by atoms with Gasteiger partial charge in [-0.2, -0.15) is 0 Å². The second-order valence-electron chi connectivity index (χ2n) is 9.79. The van der Waals surface area contributed by atoms with Gasteiger partial charge in [-0.05, 0) is 74.9 Å². The maximum Gasteiger partial charge on any atom is 0.410 e. The van der Waals surface area contributed by atoms with Crippen molar-refractivity contribution in [2.75, 3.05) is 13.7 Å². The highest BCUT2D eigenvalue weighted by molar-refractivity contribution is 5.79. The van der Waals surface area contributed by atoms with Gasteiger partial charge in [-0.3, -0.25) is 4.90 Å². The van der Waals surface area contributed by atoms with Crippen molar-refractivity contribution in [3.8, 4) is 0 Å². The Morgan fingerprint density at radius 1 is 0.971 bits per heavy atom. The van der Waals surface area contributed by atoms with Crippen molar-refractivity contribution in [1.82, 2.24) is 4.90 Å². The Morgan fingerprint density at radius 2 is 1.60 bits per heavy atom. The summed E-state index contributed by atoms with van der Waals surface area (Å²) in [5.41, 5.74) is 6.00. The van der Waals surface area contributed by atoms with Gasteiger partial charge in [0.15, 0.2) is 6.10 Å². The Labute approximate surface area is 208 Å². The summed E-state index contributed by atoms with van der Waals surface area (Å²) in [6.07, 6.45) is -1.27. The predicted octanol–water partition coefficient (Wildman–Crippen LogP) is 5.52. The molecule has 7 heteroatoms. The van der Waals surface area contributed by atoms with Gasteiger partial charge in [0, 0.05) is 25.8 Å². The van der Waals surface area contributed by atoms with Gasteiger partial charge in [-0.15, -0.1) is 0 Å². The van der Waals surface area contributed by atoms with E-state index in [0.717, 1.165) is 38.9 Å². The number of rotatable bonds is 8. The molecule has 0 spiro atoms. The Kier molecular flexibility index (Phi) is 8.56. The van der Waals surface area contributed by atoms with E-state index < -0.39 is 17.7 Å². The van der Waals surface area contributed by atoms with Gasteiger partial charge in [0.05, 0.1) is 18.8 Å². The van der Waals surface area contributed by atoms with Crippen molar-refractivity contribution >= 4 is 12.1 Å². The third-order valence-electron chi connectivity index (χ3n) is 6.14. The van der Waals surface area contributed by atoms with Crippen molar-refractivity contribution in [2.45, 2.75) is 79.6 Å². The predicted molar refractivity (Wildman–Crippen MR) is 133 cm³/mol. The van der Waals surface area contributed by atoms with Crippen LogP contribution in [-0.4, -0.2) is 36.3 Å². The Balaban J connectivity index is 1.97. The molecule has 0 saturated carbocycles. The average molecular weight is 484 g/mol. The SMILES string of the molecule is CCOC(=O)[C@@H](OC(C)(C)C)c1c(C)c2c(c(C)c1COC)CN(C(=O)OCc1ccccc1)C2. The molecular weight excluding hydrogens is 446 g/mol. The number of carbonyl (C=O) groups is 2. The minimum atomic E-state index is -0.900. The highest BCUT2D eigenvalue weighted by Crippen LogP contribution is 2.40. The molecule has 0 aliphatic carbocycles. The van der Waals surface area contributed by atoms with E-state index in [-0.39, 0.29) is 19.3 Å². The summed E-state index contributed by atoms with van der Waals surface area (Å²) in [6.45, 7) is 13.1. The molecule has 0 aromatic heterocycles. The van der Waals surface area contributed by atoms with Crippen molar-refractivity contribution in [3.63, 3.8) is 0 Å². The van der Waals surface area contributed by atoms with E-state index >= 15 is 0 Å². The third kappa shape index (κ3) is 6.21. The summed E-state index contributed by atoms with van der Waals surface area (Å²) in [5.74, 6) is -0.431. The van der Waals surface area contributed by atoms with Crippen LogP contribution in [-0.2, 0) is 50.0 Å². The van der Waals surface area contributed by atoms with Crippen LogP contribution >= 0.6 is 0 Å². The lowest BCUT2D eigenvalue weighted by Crippen LogP contribution is -2.30. The van der Waals surface area contributed by atoms with Crippen LogP contribution in [0.3, 0.4) is 0 Å². The van der Waals surface area contributed by atoms with Crippen LogP contribution in [0, 0.1) is 13.8 Å². The van der Waals surface area contributed by atoms with Crippen LogP contribution in [0.5, 0.6) is 0 Å². The molecule has 0 fully saturated rings. The number of hydrogen-bond acceptors (Lipinski definition) is 6. The minimum Gasteiger partial charge on any atom is -0.464 e. The average Bonchev–Trinajstić information content (AvgIpc) is 3.26. The molecule has 0 bridgehead atoms. The second-order valence-corrected chi connectivity index (χ2v) is 9.79. The summed E-state index contributed by atoms with van der Waals surface area (Å²) >= 11 is 0. The zero-order valence-electron chi connectivity index (χ0n) is 21.9. The Hall–Kier alpha value is -2.90. The molecule has 0 radical (unpaired) electrons. The fraction of sp³-hybridized carbons (Fsp3) is 0.500. The van der Waals surface area contributed by atoms with E-state index in [0.29, 0.717) is 19.7 Å².